The van der Waals surface area contributed by atoms with Gasteiger partial charge in [-0.2, -0.15) is 0 Å². The summed E-state index contributed by atoms with van der Waals surface area (Å²) in [6, 6.07) is 0. The Balaban J connectivity index is 2.17. The fraction of sp³-hybridized carbons (Fsp3) is 0.615. The quantitative estimate of drug-likeness (QED) is 0.807. The Morgan fingerprint density at radius 1 is 1.41 bits per heavy atom. The molecule has 2 rings (SSSR count). The molecule has 1 aromatic heterocycles. The standard InChI is InChI=1S/C13H19N3O/c1-13(2,11-4-3-5-14-8-11)12(17)10-6-15-9-16-7-10/h6-7,9,11,14H,3-5,8H2,1-2H3. The third-order valence-electron chi connectivity index (χ3n) is 3.73. The molecule has 1 fully saturated rings. The van der Waals surface area contributed by atoms with Crippen LogP contribution in [0.1, 0.15) is 37.0 Å². The third kappa shape index (κ3) is 2.52. The van der Waals surface area contributed by atoms with Crippen LogP contribution in [0.3, 0.4) is 0 Å². The third-order valence-corrected chi connectivity index (χ3v) is 3.73. The van der Waals surface area contributed by atoms with Gasteiger partial charge in [-0.25, -0.2) is 9.97 Å². The van der Waals surface area contributed by atoms with Crippen molar-refractivity contribution in [1.29, 1.82) is 0 Å². The van der Waals surface area contributed by atoms with Gasteiger partial charge in [0.2, 0.25) is 0 Å². The summed E-state index contributed by atoms with van der Waals surface area (Å²) in [5.41, 5.74) is 0.265. The molecular formula is C13H19N3O. The first-order chi connectivity index (χ1) is 8.12. The second kappa shape index (κ2) is 4.92. The second-order valence-electron chi connectivity index (χ2n) is 5.22. The van der Waals surface area contributed by atoms with E-state index >= 15 is 0 Å². The number of piperidine rings is 1. The first kappa shape index (κ1) is 12.2. The van der Waals surface area contributed by atoms with Crippen molar-refractivity contribution in [2.45, 2.75) is 26.7 Å². The van der Waals surface area contributed by atoms with Gasteiger partial charge in [-0.3, -0.25) is 4.79 Å². The minimum atomic E-state index is -0.349. The van der Waals surface area contributed by atoms with Crippen LogP contribution in [0, 0.1) is 11.3 Å². The Labute approximate surface area is 102 Å². The molecule has 0 saturated carbocycles. The summed E-state index contributed by atoms with van der Waals surface area (Å²) in [5, 5.41) is 3.36. The maximum Gasteiger partial charge on any atom is 0.171 e. The predicted molar refractivity (Wildman–Crippen MR) is 65.7 cm³/mol. The molecule has 0 aliphatic carbocycles. The largest absolute Gasteiger partial charge is 0.316 e. The lowest BCUT2D eigenvalue weighted by atomic mass is 9.71. The van der Waals surface area contributed by atoms with Crippen LogP contribution < -0.4 is 5.32 Å². The van der Waals surface area contributed by atoms with Gasteiger partial charge in [0.15, 0.2) is 5.78 Å². The molecule has 0 spiro atoms. The number of ketones is 1. The zero-order valence-corrected chi connectivity index (χ0v) is 10.4. The normalized spacial score (nSPS) is 21.2. The fourth-order valence-electron chi connectivity index (χ4n) is 2.44. The molecule has 1 aromatic rings. The average Bonchev–Trinajstić information content (AvgIpc) is 2.40. The SMILES string of the molecule is CC(C)(C(=O)c1cncnc1)C1CCCNC1. The lowest BCUT2D eigenvalue weighted by molar-refractivity contribution is 0.0707. The Morgan fingerprint density at radius 3 is 2.71 bits per heavy atom. The highest BCUT2D eigenvalue weighted by Crippen LogP contribution is 2.34. The molecule has 0 radical (unpaired) electrons. The van der Waals surface area contributed by atoms with E-state index in [1.54, 1.807) is 12.4 Å². The van der Waals surface area contributed by atoms with Crippen LogP contribution in [0.4, 0.5) is 0 Å². The lowest BCUT2D eigenvalue weighted by Gasteiger charge is -2.35. The smallest absolute Gasteiger partial charge is 0.171 e. The van der Waals surface area contributed by atoms with Gasteiger partial charge in [-0.1, -0.05) is 13.8 Å². The summed E-state index contributed by atoms with van der Waals surface area (Å²) in [6.07, 6.45) is 6.92. The molecule has 2 heterocycles. The minimum Gasteiger partial charge on any atom is -0.316 e. The summed E-state index contributed by atoms with van der Waals surface area (Å²) < 4.78 is 0. The Hall–Kier alpha value is -1.29. The number of Topliss-reactive ketones (excluding diaryl/α,β-unsaturated/α-hetero) is 1. The molecule has 17 heavy (non-hydrogen) atoms. The van der Waals surface area contributed by atoms with Gasteiger partial charge < -0.3 is 5.32 Å². The number of carbonyl (C=O) groups excluding carboxylic acids is 1. The minimum absolute atomic E-state index is 0.145. The van der Waals surface area contributed by atoms with E-state index in [4.69, 9.17) is 0 Å². The molecule has 1 aliphatic heterocycles. The van der Waals surface area contributed by atoms with Crippen LogP contribution in [0.25, 0.3) is 0 Å². The molecule has 1 N–H and O–H groups in total. The molecular weight excluding hydrogens is 214 g/mol. The van der Waals surface area contributed by atoms with Crippen LogP contribution in [0.2, 0.25) is 0 Å². The summed E-state index contributed by atoms with van der Waals surface area (Å²) in [4.78, 5) is 20.3. The highest BCUT2D eigenvalue weighted by atomic mass is 16.1. The monoisotopic (exact) mass is 233 g/mol. The van der Waals surface area contributed by atoms with Crippen molar-refractivity contribution in [2.24, 2.45) is 11.3 Å². The highest BCUT2D eigenvalue weighted by molar-refractivity contribution is 5.99. The number of aromatic nitrogens is 2. The van der Waals surface area contributed by atoms with E-state index in [0.717, 1.165) is 25.9 Å². The molecule has 1 aliphatic rings. The van der Waals surface area contributed by atoms with Gasteiger partial charge in [0.1, 0.15) is 6.33 Å². The van der Waals surface area contributed by atoms with E-state index in [1.165, 1.54) is 6.33 Å². The fourth-order valence-corrected chi connectivity index (χ4v) is 2.44. The van der Waals surface area contributed by atoms with Gasteiger partial charge in [-0.05, 0) is 31.8 Å². The van der Waals surface area contributed by atoms with E-state index in [-0.39, 0.29) is 11.2 Å². The number of carbonyl (C=O) groups is 1. The molecule has 4 heteroatoms. The van der Waals surface area contributed by atoms with Gasteiger partial charge in [-0.15, -0.1) is 0 Å². The second-order valence-corrected chi connectivity index (χ2v) is 5.22. The van der Waals surface area contributed by atoms with Gasteiger partial charge in [0, 0.05) is 17.8 Å². The van der Waals surface area contributed by atoms with Crippen molar-refractivity contribution >= 4 is 5.78 Å². The van der Waals surface area contributed by atoms with Crippen LogP contribution in [-0.2, 0) is 0 Å². The number of rotatable bonds is 3. The maximum atomic E-state index is 12.5. The number of nitrogens with one attached hydrogen (secondary N) is 1. The molecule has 1 saturated heterocycles. The maximum absolute atomic E-state index is 12.5. The van der Waals surface area contributed by atoms with Crippen LogP contribution in [-0.4, -0.2) is 28.8 Å². The molecule has 4 nitrogen and oxygen atoms in total. The van der Waals surface area contributed by atoms with E-state index in [2.05, 4.69) is 15.3 Å². The van der Waals surface area contributed by atoms with Gasteiger partial charge in [0.25, 0.3) is 0 Å². The molecule has 0 aromatic carbocycles. The average molecular weight is 233 g/mol. The Kier molecular flexibility index (Phi) is 3.52. The summed E-state index contributed by atoms with van der Waals surface area (Å²) in [7, 11) is 0. The van der Waals surface area contributed by atoms with Crippen molar-refractivity contribution in [3.63, 3.8) is 0 Å². The number of nitrogens with zero attached hydrogens (tertiary/aromatic N) is 2. The molecule has 0 bridgehead atoms. The number of hydrogen-bond acceptors (Lipinski definition) is 4. The highest BCUT2D eigenvalue weighted by Gasteiger charge is 2.37. The van der Waals surface area contributed by atoms with E-state index in [9.17, 15) is 4.79 Å². The van der Waals surface area contributed by atoms with Crippen LogP contribution in [0.5, 0.6) is 0 Å². The van der Waals surface area contributed by atoms with Crippen molar-refractivity contribution in [2.75, 3.05) is 13.1 Å². The predicted octanol–water partition coefficient (Wildman–Crippen LogP) is 1.69. The summed E-state index contributed by atoms with van der Waals surface area (Å²) >= 11 is 0. The Morgan fingerprint density at radius 2 is 2.12 bits per heavy atom. The van der Waals surface area contributed by atoms with Crippen molar-refractivity contribution in [3.8, 4) is 0 Å². The van der Waals surface area contributed by atoms with Crippen LogP contribution in [0.15, 0.2) is 18.7 Å². The van der Waals surface area contributed by atoms with E-state index < -0.39 is 0 Å². The first-order valence-corrected chi connectivity index (χ1v) is 6.13. The molecule has 0 amide bonds. The van der Waals surface area contributed by atoms with Crippen molar-refractivity contribution in [3.05, 3.63) is 24.3 Å². The summed E-state index contributed by atoms with van der Waals surface area (Å²) in [5.74, 6) is 0.538. The first-order valence-electron chi connectivity index (χ1n) is 6.13. The zero-order chi connectivity index (χ0) is 12.3. The van der Waals surface area contributed by atoms with Crippen molar-refractivity contribution in [1.82, 2.24) is 15.3 Å². The number of hydrogen-bond donors (Lipinski definition) is 1. The zero-order valence-electron chi connectivity index (χ0n) is 10.4. The Bertz CT molecular complexity index is 383. The lowest BCUT2D eigenvalue weighted by Crippen LogP contribution is -2.42. The van der Waals surface area contributed by atoms with E-state index in [0.29, 0.717) is 11.5 Å². The summed E-state index contributed by atoms with van der Waals surface area (Å²) in [6.45, 7) is 6.04. The molecule has 1 unspecified atom stereocenters. The van der Waals surface area contributed by atoms with Crippen molar-refractivity contribution < 1.29 is 4.79 Å². The van der Waals surface area contributed by atoms with Crippen LogP contribution >= 0.6 is 0 Å². The van der Waals surface area contributed by atoms with E-state index in [1.807, 2.05) is 13.8 Å². The molecule has 1 atom stereocenters. The van der Waals surface area contributed by atoms with Gasteiger partial charge in [0.05, 0.1) is 5.56 Å². The van der Waals surface area contributed by atoms with Gasteiger partial charge >= 0.3 is 0 Å². The topological polar surface area (TPSA) is 54.9 Å². The molecule has 92 valence electrons.